The number of piperidine rings is 1. The van der Waals surface area contributed by atoms with Crippen LogP contribution in [0.15, 0.2) is 0 Å². The van der Waals surface area contributed by atoms with Gasteiger partial charge in [0.05, 0.1) is 0 Å². The summed E-state index contributed by atoms with van der Waals surface area (Å²) in [5.41, 5.74) is -0.463. The fourth-order valence-electron chi connectivity index (χ4n) is 3.07. The molecule has 0 aliphatic carbocycles. The molecule has 0 spiro atoms. The van der Waals surface area contributed by atoms with E-state index in [0.29, 0.717) is 13.0 Å². The van der Waals surface area contributed by atoms with Gasteiger partial charge in [0.2, 0.25) is 5.91 Å². The van der Waals surface area contributed by atoms with Crippen LogP contribution in [0.25, 0.3) is 0 Å². The highest BCUT2D eigenvalue weighted by Gasteiger charge is 2.30. The topological polar surface area (TPSA) is 49.9 Å². The number of ether oxygens (including phenoxy) is 1. The Morgan fingerprint density at radius 1 is 1.05 bits per heavy atom. The Morgan fingerprint density at radius 3 is 2.29 bits per heavy atom. The minimum atomic E-state index is -0.463. The van der Waals surface area contributed by atoms with Crippen molar-refractivity contribution in [1.82, 2.24) is 9.80 Å². The van der Waals surface area contributed by atoms with E-state index < -0.39 is 5.60 Å². The van der Waals surface area contributed by atoms with Crippen molar-refractivity contribution in [3.63, 3.8) is 0 Å². The highest BCUT2D eigenvalue weighted by molar-refractivity contribution is 5.77. The van der Waals surface area contributed by atoms with Gasteiger partial charge in [0.1, 0.15) is 5.60 Å². The predicted molar refractivity (Wildman–Crippen MR) is 81.0 cm³/mol. The van der Waals surface area contributed by atoms with Crippen molar-refractivity contribution < 1.29 is 14.3 Å². The zero-order valence-electron chi connectivity index (χ0n) is 13.6. The van der Waals surface area contributed by atoms with Crippen LogP contribution in [0.3, 0.4) is 0 Å². The fourth-order valence-corrected chi connectivity index (χ4v) is 3.07. The first-order chi connectivity index (χ1) is 9.85. The van der Waals surface area contributed by atoms with Crippen molar-refractivity contribution in [3.8, 4) is 0 Å². The van der Waals surface area contributed by atoms with Crippen LogP contribution in [-0.2, 0) is 9.53 Å². The van der Waals surface area contributed by atoms with Gasteiger partial charge in [-0.1, -0.05) is 0 Å². The summed E-state index contributed by atoms with van der Waals surface area (Å²) in [5.74, 6) is 0.530. The minimum Gasteiger partial charge on any atom is -0.444 e. The van der Waals surface area contributed by atoms with Crippen molar-refractivity contribution in [2.45, 2.75) is 58.5 Å². The normalized spacial score (nSPS) is 23.3. The van der Waals surface area contributed by atoms with Gasteiger partial charge in [-0.05, 0) is 52.4 Å². The van der Waals surface area contributed by atoms with Crippen LogP contribution in [0.1, 0.15) is 52.9 Å². The van der Waals surface area contributed by atoms with Gasteiger partial charge in [-0.15, -0.1) is 0 Å². The molecule has 2 saturated heterocycles. The van der Waals surface area contributed by atoms with Gasteiger partial charge in [0.25, 0.3) is 0 Å². The number of carbonyl (C=O) groups excluding carboxylic acids is 2. The average molecular weight is 296 g/mol. The van der Waals surface area contributed by atoms with Crippen LogP contribution in [-0.4, -0.2) is 53.6 Å². The quantitative estimate of drug-likeness (QED) is 0.787. The van der Waals surface area contributed by atoms with Crippen molar-refractivity contribution in [2.75, 3.05) is 26.2 Å². The highest BCUT2D eigenvalue weighted by atomic mass is 16.6. The maximum Gasteiger partial charge on any atom is 0.410 e. The Bertz CT molecular complexity index is 383. The molecule has 120 valence electrons. The van der Waals surface area contributed by atoms with Gasteiger partial charge in [-0.3, -0.25) is 4.79 Å². The second-order valence-electron chi connectivity index (χ2n) is 7.23. The van der Waals surface area contributed by atoms with E-state index in [1.54, 1.807) is 4.90 Å². The third-order valence-electron chi connectivity index (χ3n) is 4.09. The number of rotatable bonds is 2. The molecule has 2 fully saturated rings. The number of amides is 2. The molecule has 2 amide bonds. The lowest BCUT2D eigenvalue weighted by Crippen LogP contribution is -2.44. The summed E-state index contributed by atoms with van der Waals surface area (Å²) in [5, 5.41) is 0. The summed E-state index contributed by atoms with van der Waals surface area (Å²) in [6.45, 7) is 8.83. The molecule has 5 nitrogen and oxygen atoms in total. The van der Waals surface area contributed by atoms with E-state index in [-0.39, 0.29) is 17.9 Å². The molecule has 0 bridgehead atoms. The maximum absolute atomic E-state index is 12.2. The SMILES string of the molecule is CC(C)(C)OC(=O)N1CCC[C@H](CC(=O)N2CCCC2)C1. The third kappa shape index (κ3) is 4.90. The number of likely N-dealkylation sites (tertiary alicyclic amines) is 2. The monoisotopic (exact) mass is 296 g/mol. The summed E-state index contributed by atoms with van der Waals surface area (Å²) in [6.07, 6.45) is 4.55. The summed E-state index contributed by atoms with van der Waals surface area (Å²) in [7, 11) is 0. The number of hydrogen-bond acceptors (Lipinski definition) is 3. The van der Waals surface area contributed by atoms with Crippen molar-refractivity contribution in [1.29, 1.82) is 0 Å². The Hall–Kier alpha value is -1.26. The molecule has 5 heteroatoms. The molecule has 0 radical (unpaired) electrons. The third-order valence-corrected chi connectivity index (χ3v) is 4.09. The van der Waals surface area contributed by atoms with Crippen LogP contribution in [0.5, 0.6) is 0 Å². The van der Waals surface area contributed by atoms with E-state index in [2.05, 4.69) is 0 Å². The number of nitrogens with zero attached hydrogens (tertiary/aromatic N) is 2. The van der Waals surface area contributed by atoms with E-state index >= 15 is 0 Å². The Kier molecular flexibility index (Phi) is 5.12. The fraction of sp³-hybridized carbons (Fsp3) is 0.875. The Labute approximate surface area is 127 Å². The second-order valence-corrected chi connectivity index (χ2v) is 7.23. The second kappa shape index (κ2) is 6.67. The summed E-state index contributed by atoms with van der Waals surface area (Å²) in [6, 6.07) is 0. The summed E-state index contributed by atoms with van der Waals surface area (Å²) < 4.78 is 5.42. The molecule has 0 aromatic rings. The molecule has 21 heavy (non-hydrogen) atoms. The molecule has 0 aromatic carbocycles. The predicted octanol–water partition coefficient (Wildman–Crippen LogP) is 2.65. The number of carbonyl (C=O) groups is 2. The minimum absolute atomic E-state index is 0.249. The van der Waals surface area contributed by atoms with Crippen LogP contribution in [0.4, 0.5) is 4.79 Å². The molecule has 2 rings (SSSR count). The first-order valence-electron chi connectivity index (χ1n) is 8.11. The van der Waals surface area contributed by atoms with Gasteiger partial charge in [0.15, 0.2) is 0 Å². The molecule has 0 unspecified atom stereocenters. The molecule has 0 saturated carbocycles. The molecular formula is C16H28N2O3. The van der Waals surface area contributed by atoms with Crippen molar-refractivity contribution >= 4 is 12.0 Å². The lowest BCUT2D eigenvalue weighted by molar-refractivity contribution is -0.131. The van der Waals surface area contributed by atoms with E-state index in [9.17, 15) is 9.59 Å². The molecule has 2 aliphatic rings. The lowest BCUT2D eigenvalue weighted by atomic mass is 9.94. The van der Waals surface area contributed by atoms with E-state index in [0.717, 1.165) is 45.3 Å². The van der Waals surface area contributed by atoms with Crippen LogP contribution in [0.2, 0.25) is 0 Å². The largest absolute Gasteiger partial charge is 0.444 e. The first-order valence-corrected chi connectivity index (χ1v) is 8.11. The van der Waals surface area contributed by atoms with Gasteiger partial charge in [0, 0.05) is 32.6 Å². The van der Waals surface area contributed by atoms with Crippen LogP contribution in [0, 0.1) is 5.92 Å². The lowest BCUT2D eigenvalue weighted by Gasteiger charge is -2.34. The first kappa shape index (κ1) is 16.1. The van der Waals surface area contributed by atoms with Gasteiger partial charge in [-0.25, -0.2) is 4.79 Å². The Morgan fingerprint density at radius 2 is 1.67 bits per heavy atom. The van der Waals surface area contributed by atoms with Crippen molar-refractivity contribution in [2.24, 2.45) is 5.92 Å². The highest BCUT2D eigenvalue weighted by Crippen LogP contribution is 2.23. The van der Waals surface area contributed by atoms with Gasteiger partial charge < -0.3 is 14.5 Å². The molecular weight excluding hydrogens is 268 g/mol. The zero-order valence-corrected chi connectivity index (χ0v) is 13.6. The standard InChI is InChI=1S/C16H28N2O3/c1-16(2,3)21-15(20)18-10-6-7-13(12-18)11-14(19)17-8-4-5-9-17/h13H,4-12H2,1-3H3/t13-/m1/s1. The van der Waals surface area contributed by atoms with E-state index in [1.807, 2.05) is 25.7 Å². The van der Waals surface area contributed by atoms with Crippen LogP contribution < -0.4 is 0 Å². The smallest absolute Gasteiger partial charge is 0.410 e. The van der Waals surface area contributed by atoms with E-state index in [4.69, 9.17) is 4.74 Å². The number of hydrogen-bond donors (Lipinski definition) is 0. The summed E-state index contributed by atoms with van der Waals surface area (Å²) >= 11 is 0. The van der Waals surface area contributed by atoms with E-state index in [1.165, 1.54) is 0 Å². The van der Waals surface area contributed by atoms with Gasteiger partial charge >= 0.3 is 6.09 Å². The maximum atomic E-state index is 12.2. The Balaban J connectivity index is 1.82. The van der Waals surface area contributed by atoms with Crippen molar-refractivity contribution in [3.05, 3.63) is 0 Å². The molecule has 2 aliphatic heterocycles. The van der Waals surface area contributed by atoms with Crippen LogP contribution >= 0.6 is 0 Å². The molecule has 0 aromatic heterocycles. The summed E-state index contributed by atoms with van der Waals surface area (Å²) in [4.78, 5) is 28.0. The zero-order chi connectivity index (χ0) is 15.5. The molecule has 1 atom stereocenters. The van der Waals surface area contributed by atoms with Gasteiger partial charge in [-0.2, -0.15) is 0 Å². The molecule has 2 heterocycles. The molecule has 0 N–H and O–H groups in total. The average Bonchev–Trinajstić information content (AvgIpc) is 2.91.